The normalized spacial score (nSPS) is 16.7. The largest absolute Gasteiger partial charge is 0.462 e. The van der Waals surface area contributed by atoms with Gasteiger partial charge in [0, 0.05) is 23.3 Å². The number of ether oxygens (including phenoxy) is 1. The Bertz CT molecular complexity index is 1100. The summed E-state index contributed by atoms with van der Waals surface area (Å²) >= 11 is 0. The van der Waals surface area contributed by atoms with Crippen LogP contribution in [0.5, 0.6) is 0 Å². The number of alkyl halides is 3. The van der Waals surface area contributed by atoms with Crippen LogP contribution in [0.25, 0.3) is 10.9 Å². The number of piperidine rings is 1. The second kappa shape index (κ2) is 9.56. The highest BCUT2D eigenvalue weighted by Gasteiger charge is 2.30. The molecule has 1 unspecified atom stereocenters. The van der Waals surface area contributed by atoms with Crippen molar-refractivity contribution >= 4 is 28.2 Å². The number of carbonyl (C=O) groups excluding carboxylic acids is 1. The Labute approximate surface area is 184 Å². The van der Waals surface area contributed by atoms with Gasteiger partial charge < -0.3 is 15.4 Å². The number of carbonyl (C=O) groups is 1. The molecule has 0 saturated carbocycles. The number of fused-ring (bicyclic) bond motifs is 1. The van der Waals surface area contributed by atoms with Crippen LogP contribution >= 0.6 is 0 Å². The van der Waals surface area contributed by atoms with Crippen LogP contribution in [0, 0.1) is 0 Å². The Hall–Kier alpha value is -3.13. The zero-order valence-electron chi connectivity index (χ0n) is 17.4. The number of benzene rings is 2. The predicted molar refractivity (Wildman–Crippen MR) is 117 cm³/mol. The second-order valence-corrected chi connectivity index (χ2v) is 7.83. The van der Waals surface area contributed by atoms with Crippen LogP contribution in [0.4, 0.5) is 24.5 Å². The van der Waals surface area contributed by atoms with Crippen molar-refractivity contribution in [3.63, 3.8) is 0 Å². The quantitative estimate of drug-likeness (QED) is 0.480. The van der Waals surface area contributed by atoms with Gasteiger partial charge in [-0.2, -0.15) is 13.2 Å². The first-order valence-electron chi connectivity index (χ1n) is 10.6. The van der Waals surface area contributed by atoms with Crippen molar-refractivity contribution in [2.75, 3.05) is 18.5 Å². The second-order valence-electron chi connectivity index (χ2n) is 7.83. The Balaban J connectivity index is 1.50. The van der Waals surface area contributed by atoms with Crippen molar-refractivity contribution in [2.24, 2.45) is 0 Å². The first-order valence-corrected chi connectivity index (χ1v) is 10.6. The summed E-state index contributed by atoms with van der Waals surface area (Å²) in [5, 5.41) is 7.11. The number of halogens is 3. The lowest BCUT2D eigenvalue weighted by atomic mass is 10.0. The van der Waals surface area contributed by atoms with E-state index >= 15 is 0 Å². The molecule has 1 fully saturated rings. The van der Waals surface area contributed by atoms with Gasteiger partial charge in [0.2, 0.25) is 0 Å². The Morgan fingerprint density at radius 3 is 2.75 bits per heavy atom. The lowest BCUT2D eigenvalue weighted by Crippen LogP contribution is -2.35. The molecule has 1 saturated heterocycles. The van der Waals surface area contributed by atoms with Crippen molar-refractivity contribution in [2.45, 2.75) is 37.9 Å². The summed E-state index contributed by atoms with van der Waals surface area (Å²) in [5.41, 5.74) is 0.882. The molecule has 2 aromatic carbocycles. The molecule has 2 N–H and O–H groups in total. The molecule has 3 aromatic rings. The summed E-state index contributed by atoms with van der Waals surface area (Å²) in [6, 6.07) is 12.4. The first-order chi connectivity index (χ1) is 15.4. The van der Waals surface area contributed by atoms with E-state index in [-0.39, 0.29) is 5.52 Å². The third-order valence-corrected chi connectivity index (χ3v) is 5.60. The van der Waals surface area contributed by atoms with E-state index in [4.69, 9.17) is 4.74 Å². The fourth-order valence-electron chi connectivity index (χ4n) is 3.89. The maximum atomic E-state index is 13.0. The van der Waals surface area contributed by atoms with Gasteiger partial charge in [-0.3, -0.25) is 4.98 Å². The number of hydrogen-bond acceptors (Lipinski definition) is 5. The average molecular weight is 443 g/mol. The highest BCUT2D eigenvalue weighted by atomic mass is 19.4. The topological polar surface area (TPSA) is 63.2 Å². The third-order valence-electron chi connectivity index (χ3n) is 5.60. The molecule has 1 atom stereocenters. The van der Waals surface area contributed by atoms with Crippen molar-refractivity contribution in [3.05, 3.63) is 65.9 Å². The molecule has 32 heavy (non-hydrogen) atoms. The van der Waals surface area contributed by atoms with E-state index in [1.165, 1.54) is 25.1 Å². The number of anilines is 2. The summed E-state index contributed by atoms with van der Waals surface area (Å²) in [5.74, 6) is -0.443. The Morgan fingerprint density at radius 2 is 1.97 bits per heavy atom. The average Bonchev–Trinajstić information content (AvgIpc) is 2.79. The molecule has 4 rings (SSSR count). The number of rotatable bonds is 6. The van der Waals surface area contributed by atoms with Crippen LogP contribution in [-0.2, 0) is 10.9 Å². The molecule has 1 aliphatic rings. The number of aromatic nitrogens is 1. The fraction of sp³-hybridized carbons (Fsp3) is 0.333. The summed E-state index contributed by atoms with van der Waals surface area (Å²) in [6.07, 6.45) is 1.20. The van der Waals surface area contributed by atoms with E-state index in [1.807, 2.05) is 0 Å². The first kappa shape index (κ1) is 22.1. The molecule has 0 spiro atoms. The molecule has 5 nitrogen and oxygen atoms in total. The molecule has 0 aliphatic carbocycles. The van der Waals surface area contributed by atoms with E-state index in [0.29, 0.717) is 35.0 Å². The number of nitrogens with one attached hydrogen (secondary N) is 2. The van der Waals surface area contributed by atoms with Gasteiger partial charge in [-0.1, -0.05) is 24.6 Å². The molecule has 1 aliphatic heterocycles. The molecule has 2 heterocycles. The number of para-hydroxylation sites is 1. The summed E-state index contributed by atoms with van der Waals surface area (Å²) in [6.45, 7) is 1.32. The lowest BCUT2D eigenvalue weighted by molar-refractivity contribution is -0.137. The van der Waals surface area contributed by atoms with E-state index in [0.717, 1.165) is 31.5 Å². The maximum absolute atomic E-state index is 13.0. The van der Waals surface area contributed by atoms with Gasteiger partial charge in [0.1, 0.15) is 0 Å². The molecule has 1 aromatic heterocycles. The van der Waals surface area contributed by atoms with Crippen LogP contribution in [0.1, 0.15) is 41.6 Å². The minimum atomic E-state index is -4.44. The fourth-order valence-corrected chi connectivity index (χ4v) is 3.89. The highest BCUT2D eigenvalue weighted by molar-refractivity contribution is 5.99. The Kier molecular flexibility index (Phi) is 6.60. The molecule has 0 amide bonds. The molecular weight excluding hydrogens is 419 g/mol. The van der Waals surface area contributed by atoms with E-state index in [2.05, 4.69) is 15.6 Å². The van der Waals surface area contributed by atoms with Crippen molar-refractivity contribution < 1.29 is 22.7 Å². The minimum Gasteiger partial charge on any atom is -0.462 e. The molecule has 8 heteroatoms. The maximum Gasteiger partial charge on any atom is 0.416 e. The summed E-state index contributed by atoms with van der Waals surface area (Å²) < 4.78 is 44.6. The third kappa shape index (κ3) is 5.19. The van der Waals surface area contributed by atoms with Crippen molar-refractivity contribution in [3.8, 4) is 0 Å². The van der Waals surface area contributed by atoms with Crippen molar-refractivity contribution in [1.29, 1.82) is 0 Å². The molecule has 0 bridgehead atoms. The standard InChI is InChI=1S/C24H24F3N3O2/c25-24(26,27)16-8-9-18-21(10-13-29-22(18)15-16)30-20-7-2-1-6-19(20)23(31)32-14-11-17-5-3-4-12-28-17/h1-2,6-10,13,15,17,28H,3-5,11-12,14H2,(H,29,30). The van der Waals surface area contributed by atoms with Crippen molar-refractivity contribution in [1.82, 2.24) is 10.3 Å². The SMILES string of the molecule is O=C(OCCC1CCCCN1)c1ccccc1Nc1ccnc2cc(C(F)(F)F)ccc12. The van der Waals surface area contributed by atoms with E-state index in [1.54, 1.807) is 30.3 Å². The van der Waals surface area contributed by atoms with Gasteiger partial charge in [0.05, 0.1) is 28.9 Å². The monoisotopic (exact) mass is 443 g/mol. The zero-order valence-corrected chi connectivity index (χ0v) is 17.4. The van der Waals surface area contributed by atoms with Crippen LogP contribution in [0.15, 0.2) is 54.7 Å². The zero-order chi connectivity index (χ0) is 22.6. The van der Waals surface area contributed by atoms with Gasteiger partial charge in [0.15, 0.2) is 0 Å². The summed E-state index contributed by atoms with van der Waals surface area (Å²) in [7, 11) is 0. The van der Waals surface area contributed by atoms with Crippen LogP contribution in [0.2, 0.25) is 0 Å². The van der Waals surface area contributed by atoms with Crippen LogP contribution in [0.3, 0.4) is 0 Å². The molecule has 0 radical (unpaired) electrons. The number of pyridine rings is 1. The van der Waals surface area contributed by atoms with Gasteiger partial charge in [-0.25, -0.2) is 4.79 Å². The van der Waals surface area contributed by atoms with E-state index < -0.39 is 17.7 Å². The molecule has 168 valence electrons. The van der Waals surface area contributed by atoms with Crippen LogP contribution < -0.4 is 10.6 Å². The van der Waals surface area contributed by atoms with Gasteiger partial charge >= 0.3 is 12.1 Å². The minimum absolute atomic E-state index is 0.213. The highest BCUT2D eigenvalue weighted by Crippen LogP contribution is 2.33. The number of esters is 1. The van der Waals surface area contributed by atoms with Gasteiger partial charge in [-0.15, -0.1) is 0 Å². The summed E-state index contributed by atoms with van der Waals surface area (Å²) in [4.78, 5) is 16.8. The lowest BCUT2D eigenvalue weighted by Gasteiger charge is -2.23. The number of nitrogens with zero attached hydrogens (tertiary/aromatic N) is 1. The van der Waals surface area contributed by atoms with Crippen LogP contribution in [-0.4, -0.2) is 30.1 Å². The smallest absolute Gasteiger partial charge is 0.416 e. The molecular formula is C24H24F3N3O2. The van der Waals surface area contributed by atoms with Gasteiger partial charge in [-0.05, 0) is 56.1 Å². The van der Waals surface area contributed by atoms with E-state index in [9.17, 15) is 18.0 Å². The predicted octanol–water partition coefficient (Wildman–Crippen LogP) is 5.69. The number of hydrogen-bond donors (Lipinski definition) is 2. The van der Waals surface area contributed by atoms with Gasteiger partial charge in [0.25, 0.3) is 0 Å². The Morgan fingerprint density at radius 1 is 1.12 bits per heavy atom.